The van der Waals surface area contributed by atoms with E-state index < -0.39 is 0 Å². The van der Waals surface area contributed by atoms with Crippen molar-refractivity contribution in [3.05, 3.63) is 69.7 Å². The molecule has 0 bridgehead atoms. The van der Waals surface area contributed by atoms with Crippen LogP contribution in [0.3, 0.4) is 0 Å². The number of amides is 2. The lowest BCUT2D eigenvalue weighted by molar-refractivity contribution is -0.130. The Balaban J connectivity index is 1.76. The largest absolute Gasteiger partial charge is 0.352 e. The third-order valence-electron chi connectivity index (χ3n) is 3.70. The maximum Gasteiger partial charge on any atom is 0.251 e. The number of hydrogen-bond acceptors (Lipinski definition) is 2. The summed E-state index contributed by atoms with van der Waals surface area (Å²) in [6.07, 6.45) is 0.282. The topological polar surface area (TPSA) is 49.4 Å². The standard InChI is InChI=1S/C19H21BrN2O2/c1-14-3-5-15(6-4-14)13-22(2)18(23)11-12-21-19(24)16-7-9-17(20)10-8-16/h3-10H,11-13H2,1-2H3,(H,21,24). The summed E-state index contributed by atoms with van der Waals surface area (Å²) in [7, 11) is 1.78. The predicted molar refractivity (Wildman–Crippen MR) is 98.7 cm³/mol. The van der Waals surface area contributed by atoms with Crippen LogP contribution in [0.2, 0.25) is 0 Å². The minimum Gasteiger partial charge on any atom is -0.352 e. The van der Waals surface area contributed by atoms with Gasteiger partial charge in [-0.1, -0.05) is 45.8 Å². The van der Waals surface area contributed by atoms with E-state index in [4.69, 9.17) is 0 Å². The van der Waals surface area contributed by atoms with Crippen LogP contribution < -0.4 is 5.32 Å². The number of carbonyl (C=O) groups is 2. The van der Waals surface area contributed by atoms with E-state index >= 15 is 0 Å². The molecule has 0 heterocycles. The van der Waals surface area contributed by atoms with Gasteiger partial charge in [0.05, 0.1) is 0 Å². The number of benzene rings is 2. The fraction of sp³-hybridized carbons (Fsp3) is 0.263. The zero-order chi connectivity index (χ0) is 17.5. The molecule has 0 radical (unpaired) electrons. The van der Waals surface area contributed by atoms with Gasteiger partial charge in [-0.25, -0.2) is 0 Å². The minimum atomic E-state index is -0.170. The van der Waals surface area contributed by atoms with Gasteiger partial charge >= 0.3 is 0 Å². The zero-order valence-corrected chi connectivity index (χ0v) is 15.5. The average Bonchev–Trinajstić information content (AvgIpc) is 2.57. The van der Waals surface area contributed by atoms with Crippen molar-refractivity contribution < 1.29 is 9.59 Å². The molecule has 0 unspecified atom stereocenters. The van der Waals surface area contributed by atoms with Crippen LogP contribution in [0.25, 0.3) is 0 Å². The van der Waals surface area contributed by atoms with Gasteiger partial charge in [0.1, 0.15) is 0 Å². The van der Waals surface area contributed by atoms with Crippen LogP contribution in [0.15, 0.2) is 53.0 Å². The maximum atomic E-state index is 12.1. The van der Waals surface area contributed by atoms with Crippen molar-refractivity contribution in [2.24, 2.45) is 0 Å². The predicted octanol–water partition coefficient (Wildman–Crippen LogP) is 3.54. The van der Waals surface area contributed by atoms with E-state index in [0.29, 0.717) is 18.7 Å². The quantitative estimate of drug-likeness (QED) is 0.822. The van der Waals surface area contributed by atoms with Crippen molar-refractivity contribution >= 4 is 27.7 Å². The van der Waals surface area contributed by atoms with Crippen molar-refractivity contribution in [2.45, 2.75) is 19.9 Å². The number of aryl methyl sites for hydroxylation is 1. The molecule has 2 aromatic carbocycles. The highest BCUT2D eigenvalue weighted by atomic mass is 79.9. The number of halogens is 1. The van der Waals surface area contributed by atoms with E-state index in [2.05, 4.69) is 21.2 Å². The van der Waals surface area contributed by atoms with Gasteiger partial charge in [-0.2, -0.15) is 0 Å². The van der Waals surface area contributed by atoms with Crippen molar-refractivity contribution in [3.63, 3.8) is 0 Å². The molecule has 5 heteroatoms. The first kappa shape index (κ1) is 18.2. The van der Waals surface area contributed by atoms with Crippen LogP contribution in [0, 0.1) is 6.92 Å². The maximum absolute atomic E-state index is 12.1. The molecule has 0 saturated carbocycles. The van der Waals surface area contributed by atoms with Gasteiger partial charge in [-0.3, -0.25) is 9.59 Å². The van der Waals surface area contributed by atoms with Crippen molar-refractivity contribution in [2.75, 3.05) is 13.6 Å². The Hall–Kier alpha value is -2.14. The van der Waals surface area contributed by atoms with E-state index in [0.717, 1.165) is 10.0 Å². The summed E-state index contributed by atoms with van der Waals surface area (Å²) in [4.78, 5) is 25.8. The van der Waals surface area contributed by atoms with E-state index in [1.807, 2.05) is 43.3 Å². The van der Waals surface area contributed by atoms with Gasteiger partial charge in [-0.05, 0) is 36.8 Å². The Labute approximate surface area is 151 Å². The zero-order valence-electron chi connectivity index (χ0n) is 13.9. The minimum absolute atomic E-state index is 0.00619. The molecular formula is C19H21BrN2O2. The molecule has 0 saturated heterocycles. The SMILES string of the molecule is Cc1ccc(CN(C)C(=O)CCNC(=O)c2ccc(Br)cc2)cc1. The molecular weight excluding hydrogens is 368 g/mol. The summed E-state index contributed by atoms with van der Waals surface area (Å²) in [5.41, 5.74) is 2.87. The third kappa shape index (κ3) is 5.49. The second-order valence-electron chi connectivity index (χ2n) is 5.75. The number of nitrogens with zero attached hydrogens (tertiary/aromatic N) is 1. The summed E-state index contributed by atoms with van der Waals surface area (Å²) in [5, 5.41) is 2.77. The van der Waals surface area contributed by atoms with Crippen LogP contribution in [0.5, 0.6) is 0 Å². The number of nitrogens with one attached hydrogen (secondary N) is 1. The second-order valence-corrected chi connectivity index (χ2v) is 6.66. The Morgan fingerprint density at radius 3 is 2.29 bits per heavy atom. The van der Waals surface area contributed by atoms with E-state index in [1.165, 1.54) is 5.56 Å². The fourth-order valence-electron chi connectivity index (χ4n) is 2.23. The molecule has 0 aromatic heterocycles. The van der Waals surface area contributed by atoms with Crippen LogP contribution in [0.1, 0.15) is 27.9 Å². The molecule has 126 valence electrons. The number of hydrogen-bond donors (Lipinski definition) is 1. The van der Waals surface area contributed by atoms with Gasteiger partial charge in [0.2, 0.25) is 5.91 Å². The first-order chi connectivity index (χ1) is 11.5. The lowest BCUT2D eigenvalue weighted by Gasteiger charge is -2.17. The van der Waals surface area contributed by atoms with E-state index in [9.17, 15) is 9.59 Å². The highest BCUT2D eigenvalue weighted by molar-refractivity contribution is 9.10. The molecule has 0 fully saturated rings. The number of carbonyl (C=O) groups excluding carboxylic acids is 2. The molecule has 24 heavy (non-hydrogen) atoms. The molecule has 0 atom stereocenters. The lowest BCUT2D eigenvalue weighted by atomic mass is 10.1. The fourth-order valence-corrected chi connectivity index (χ4v) is 2.50. The highest BCUT2D eigenvalue weighted by Crippen LogP contribution is 2.10. The average molecular weight is 389 g/mol. The summed E-state index contributed by atoms with van der Waals surface area (Å²) in [6.45, 7) is 2.93. The van der Waals surface area contributed by atoms with Crippen LogP contribution in [-0.2, 0) is 11.3 Å². The van der Waals surface area contributed by atoms with Gasteiger partial charge in [-0.15, -0.1) is 0 Å². The van der Waals surface area contributed by atoms with Gasteiger partial charge in [0.25, 0.3) is 5.91 Å². The summed E-state index contributed by atoms with van der Waals surface area (Å²) >= 11 is 3.33. The summed E-state index contributed by atoms with van der Waals surface area (Å²) in [6, 6.07) is 15.2. The molecule has 2 aromatic rings. The Morgan fingerprint density at radius 1 is 1.04 bits per heavy atom. The molecule has 2 rings (SSSR count). The molecule has 0 aliphatic carbocycles. The molecule has 2 amide bonds. The van der Waals surface area contributed by atoms with Crippen molar-refractivity contribution in [1.82, 2.24) is 10.2 Å². The van der Waals surface area contributed by atoms with E-state index in [-0.39, 0.29) is 18.2 Å². The van der Waals surface area contributed by atoms with Crippen LogP contribution >= 0.6 is 15.9 Å². The van der Waals surface area contributed by atoms with Crippen molar-refractivity contribution in [1.29, 1.82) is 0 Å². The normalized spacial score (nSPS) is 10.3. The molecule has 0 aliphatic rings. The van der Waals surface area contributed by atoms with Crippen LogP contribution in [0.4, 0.5) is 0 Å². The van der Waals surface area contributed by atoms with Gasteiger partial charge in [0.15, 0.2) is 0 Å². The number of rotatable bonds is 6. The Morgan fingerprint density at radius 2 is 1.67 bits per heavy atom. The Bertz CT molecular complexity index is 696. The smallest absolute Gasteiger partial charge is 0.251 e. The van der Waals surface area contributed by atoms with Crippen molar-refractivity contribution in [3.8, 4) is 0 Å². The first-order valence-corrected chi connectivity index (χ1v) is 8.58. The molecule has 4 nitrogen and oxygen atoms in total. The molecule has 0 spiro atoms. The van der Waals surface area contributed by atoms with Gasteiger partial charge in [0, 0.05) is 36.6 Å². The highest BCUT2D eigenvalue weighted by Gasteiger charge is 2.10. The second kappa shape index (κ2) is 8.64. The van der Waals surface area contributed by atoms with Crippen LogP contribution in [-0.4, -0.2) is 30.3 Å². The molecule has 1 N–H and O–H groups in total. The lowest BCUT2D eigenvalue weighted by Crippen LogP contribution is -2.31. The summed E-state index contributed by atoms with van der Waals surface area (Å²) in [5.74, 6) is -0.164. The first-order valence-electron chi connectivity index (χ1n) is 7.79. The summed E-state index contributed by atoms with van der Waals surface area (Å²) < 4.78 is 0.923. The van der Waals surface area contributed by atoms with E-state index in [1.54, 1.807) is 24.1 Å². The third-order valence-corrected chi connectivity index (χ3v) is 4.23. The monoisotopic (exact) mass is 388 g/mol. The van der Waals surface area contributed by atoms with Gasteiger partial charge < -0.3 is 10.2 Å². The Kier molecular flexibility index (Phi) is 6.55. The molecule has 0 aliphatic heterocycles.